The molecule has 83 heavy (non-hydrogen) atoms. The fourth-order valence-corrected chi connectivity index (χ4v) is 9.13. The number of ether oxygens (including phenoxy) is 4. The number of aliphatic carboxylic acids is 1. The molecule has 0 fully saturated rings. The van der Waals surface area contributed by atoms with Crippen LogP contribution in [0, 0.1) is 0 Å². The highest BCUT2D eigenvalue weighted by molar-refractivity contribution is 5.71. The molecule has 0 amide bonds. The monoisotopic (exact) mass is 1160 g/mol. The standard InChI is InChI=1S/C74H125NO8/c1-6-8-10-12-14-16-18-20-22-24-26-28-30-31-32-33-34-35-36-37-38-39-40-41-43-45-47-49-51-53-55-57-59-61-63-65-72(77)83-70(69-82-74(73(78)79)80-67-66-75(3,4)5)68-81-71(76)64-62-60-58-56-54-52-50-48-46-44-42-29-27-25-23-21-19-17-15-13-11-9-7-2/h8-11,14-17,20-23,26-29,31-32,34-35,70,74H,6-7,12-13,18-19,24-25,30,33,36-69H2,1-5H3/p+1/b10-8-,11-9-,16-14-,17-15-,22-20-,23-21-,28-26-,29-27-,32-31-,35-34-. The average Bonchev–Trinajstić information content (AvgIpc) is 3.46. The van der Waals surface area contributed by atoms with E-state index in [4.69, 9.17) is 18.9 Å². The molecule has 0 aromatic rings. The second-order valence-electron chi connectivity index (χ2n) is 23.4. The molecule has 1 N–H and O–H groups in total. The van der Waals surface area contributed by atoms with Crippen molar-refractivity contribution in [2.24, 2.45) is 0 Å². The molecule has 2 unspecified atom stereocenters. The zero-order valence-corrected chi connectivity index (χ0v) is 54.1. The average molecular weight is 1160 g/mol. The second-order valence-corrected chi connectivity index (χ2v) is 23.4. The second kappa shape index (κ2) is 63.7. The lowest BCUT2D eigenvalue weighted by molar-refractivity contribution is -0.870. The first-order chi connectivity index (χ1) is 40.6. The summed E-state index contributed by atoms with van der Waals surface area (Å²) in [7, 11) is 5.97. The lowest BCUT2D eigenvalue weighted by Crippen LogP contribution is -2.40. The Labute approximate surface area is 510 Å². The Morgan fingerprint density at radius 2 is 0.651 bits per heavy atom. The predicted octanol–water partition coefficient (Wildman–Crippen LogP) is 20.8. The Hall–Kier alpha value is -4.31. The Kier molecular flexibility index (Phi) is 60.4. The summed E-state index contributed by atoms with van der Waals surface area (Å²) < 4.78 is 23.0. The van der Waals surface area contributed by atoms with E-state index in [1.807, 2.05) is 21.1 Å². The SMILES string of the molecule is CC/C=C\C/C=C\C/C=C\C/C=C\C/C=C\C/C=C\CCCCCCCCCCCCCCCCCCC(=O)OC(COC(=O)CCCCCCCCCCCC/C=C\C/C=C\C/C=C\C/C=C\CC)COC(OCC[N+](C)(C)C)C(=O)O. The molecule has 0 rings (SSSR count). The van der Waals surface area contributed by atoms with Crippen LogP contribution in [0.4, 0.5) is 0 Å². The topological polar surface area (TPSA) is 108 Å². The first-order valence-electron chi connectivity index (χ1n) is 33.7. The molecule has 474 valence electrons. The third-order valence-corrected chi connectivity index (χ3v) is 14.2. The number of esters is 2. The number of nitrogens with zero attached hydrogens (tertiary/aromatic N) is 1. The minimum Gasteiger partial charge on any atom is -0.477 e. The van der Waals surface area contributed by atoms with Crippen molar-refractivity contribution < 1.29 is 42.9 Å². The molecule has 0 aliphatic rings. The van der Waals surface area contributed by atoms with Gasteiger partial charge in [0.25, 0.3) is 6.29 Å². The molecule has 9 heteroatoms. The number of carbonyl (C=O) groups excluding carboxylic acids is 2. The number of carboxylic acid groups (broad SMARTS) is 1. The number of rotatable bonds is 61. The fraction of sp³-hybridized carbons (Fsp3) is 0.689. The molecule has 0 aromatic heterocycles. The minimum atomic E-state index is -1.52. The van der Waals surface area contributed by atoms with E-state index >= 15 is 0 Å². The summed E-state index contributed by atoms with van der Waals surface area (Å²) in [6.07, 6.45) is 87.3. The van der Waals surface area contributed by atoms with Gasteiger partial charge in [0.15, 0.2) is 6.10 Å². The van der Waals surface area contributed by atoms with Crippen molar-refractivity contribution in [3.05, 3.63) is 122 Å². The quantitative estimate of drug-likeness (QED) is 0.0211. The molecule has 9 nitrogen and oxygen atoms in total. The Bertz CT molecular complexity index is 1780. The van der Waals surface area contributed by atoms with Gasteiger partial charge in [0.05, 0.1) is 34.4 Å². The maximum Gasteiger partial charge on any atom is 0.361 e. The van der Waals surface area contributed by atoms with Gasteiger partial charge < -0.3 is 28.5 Å². The van der Waals surface area contributed by atoms with Crippen LogP contribution in [-0.2, 0) is 33.3 Å². The molecular formula is C74H126NO8+. The van der Waals surface area contributed by atoms with E-state index in [-0.39, 0.29) is 32.2 Å². The molecular weight excluding hydrogens is 1030 g/mol. The lowest BCUT2D eigenvalue weighted by Gasteiger charge is -2.25. The van der Waals surface area contributed by atoms with Crippen LogP contribution in [-0.4, -0.2) is 87.4 Å². The number of hydrogen-bond donors (Lipinski definition) is 1. The Balaban J connectivity index is 4.13. The first kappa shape index (κ1) is 78.7. The van der Waals surface area contributed by atoms with Crippen molar-refractivity contribution in [1.82, 2.24) is 0 Å². The first-order valence-corrected chi connectivity index (χ1v) is 33.7. The summed E-state index contributed by atoms with van der Waals surface area (Å²) in [4.78, 5) is 37.6. The van der Waals surface area contributed by atoms with Crippen molar-refractivity contribution in [1.29, 1.82) is 0 Å². The molecule has 0 saturated heterocycles. The van der Waals surface area contributed by atoms with Crippen LogP contribution < -0.4 is 0 Å². The number of carboxylic acids is 1. The highest BCUT2D eigenvalue weighted by Gasteiger charge is 2.25. The van der Waals surface area contributed by atoms with Gasteiger partial charge in [-0.25, -0.2) is 4.79 Å². The van der Waals surface area contributed by atoms with E-state index in [0.29, 0.717) is 17.4 Å². The van der Waals surface area contributed by atoms with Gasteiger partial charge >= 0.3 is 17.9 Å². The van der Waals surface area contributed by atoms with Crippen LogP contribution in [0.2, 0.25) is 0 Å². The lowest BCUT2D eigenvalue weighted by atomic mass is 10.0. The maximum absolute atomic E-state index is 12.9. The molecule has 0 saturated carbocycles. The highest BCUT2D eigenvalue weighted by Crippen LogP contribution is 2.17. The highest BCUT2D eigenvalue weighted by atomic mass is 16.7. The van der Waals surface area contributed by atoms with Gasteiger partial charge in [-0.3, -0.25) is 9.59 Å². The zero-order chi connectivity index (χ0) is 60.5. The van der Waals surface area contributed by atoms with Crippen molar-refractivity contribution >= 4 is 17.9 Å². The number of hydrogen-bond acceptors (Lipinski definition) is 7. The number of likely N-dealkylation sites (N-methyl/N-ethyl adjacent to an activating group) is 1. The zero-order valence-electron chi connectivity index (χ0n) is 54.1. The number of carbonyl (C=O) groups is 3. The summed E-state index contributed by atoms with van der Waals surface area (Å²) in [6, 6.07) is 0. The molecule has 0 aromatic carbocycles. The van der Waals surface area contributed by atoms with Gasteiger partial charge in [0.2, 0.25) is 0 Å². The van der Waals surface area contributed by atoms with Crippen molar-refractivity contribution in [2.45, 2.75) is 283 Å². The van der Waals surface area contributed by atoms with Gasteiger partial charge in [0, 0.05) is 12.8 Å². The normalized spacial score (nSPS) is 13.5. The molecule has 0 aliphatic heterocycles. The van der Waals surface area contributed by atoms with E-state index in [1.54, 1.807) is 0 Å². The van der Waals surface area contributed by atoms with Gasteiger partial charge in [-0.15, -0.1) is 0 Å². The minimum absolute atomic E-state index is 0.183. The van der Waals surface area contributed by atoms with Crippen molar-refractivity contribution in [2.75, 3.05) is 47.5 Å². The van der Waals surface area contributed by atoms with Gasteiger partial charge in [0.1, 0.15) is 13.2 Å². The van der Waals surface area contributed by atoms with E-state index in [9.17, 15) is 19.5 Å². The number of allylic oxidation sites excluding steroid dienone is 20. The summed E-state index contributed by atoms with van der Waals surface area (Å²) in [5, 5.41) is 9.74. The van der Waals surface area contributed by atoms with Crippen LogP contribution >= 0.6 is 0 Å². The largest absolute Gasteiger partial charge is 0.477 e. The molecule has 0 heterocycles. The summed E-state index contributed by atoms with van der Waals surface area (Å²) in [6.45, 7) is 4.66. The van der Waals surface area contributed by atoms with E-state index in [0.717, 1.165) is 109 Å². The Morgan fingerprint density at radius 3 is 0.964 bits per heavy atom. The Morgan fingerprint density at radius 1 is 0.361 bits per heavy atom. The third-order valence-electron chi connectivity index (χ3n) is 14.2. The van der Waals surface area contributed by atoms with E-state index in [2.05, 4.69) is 135 Å². The van der Waals surface area contributed by atoms with Gasteiger partial charge in [-0.05, 0) is 103 Å². The van der Waals surface area contributed by atoms with Crippen LogP contribution in [0.1, 0.15) is 271 Å². The smallest absolute Gasteiger partial charge is 0.361 e. The number of unbranched alkanes of at least 4 members (excludes halogenated alkanes) is 26. The van der Waals surface area contributed by atoms with Crippen molar-refractivity contribution in [3.63, 3.8) is 0 Å². The van der Waals surface area contributed by atoms with Gasteiger partial charge in [-0.1, -0.05) is 277 Å². The van der Waals surface area contributed by atoms with Crippen LogP contribution in [0.3, 0.4) is 0 Å². The maximum atomic E-state index is 12.9. The summed E-state index contributed by atoms with van der Waals surface area (Å²) in [5.74, 6) is -2.01. The predicted molar refractivity (Wildman–Crippen MR) is 354 cm³/mol. The third kappa shape index (κ3) is 65.1. The van der Waals surface area contributed by atoms with Crippen molar-refractivity contribution in [3.8, 4) is 0 Å². The van der Waals surface area contributed by atoms with E-state index < -0.39 is 24.3 Å². The molecule has 0 radical (unpaired) electrons. The molecule has 0 spiro atoms. The molecule has 2 atom stereocenters. The van der Waals surface area contributed by atoms with Gasteiger partial charge in [-0.2, -0.15) is 0 Å². The van der Waals surface area contributed by atoms with Crippen LogP contribution in [0.15, 0.2) is 122 Å². The van der Waals surface area contributed by atoms with Crippen LogP contribution in [0.25, 0.3) is 0 Å². The van der Waals surface area contributed by atoms with E-state index in [1.165, 1.54) is 135 Å². The summed E-state index contributed by atoms with van der Waals surface area (Å²) in [5.41, 5.74) is 0. The molecule has 0 aliphatic carbocycles. The molecule has 0 bridgehead atoms. The summed E-state index contributed by atoms with van der Waals surface area (Å²) >= 11 is 0. The number of quaternary nitrogens is 1. The fourth-order valence-electron chi connectivity index (χ4n) is 9.13. The van der Waals surface area contributed by atoms with Crippen LogP contribution in [0.5, 0.6) is 0 Å².